The molecule has 190 valence electrons. The smallest absolute Gasteiger partial charge is 0.274 e. The first kappa shape index (κ1) is 27.5. The van der Waals surface area contributed by atoms with Crippen LogP contribution in [0, 0.1) is 0 Å². The van der Waals surface area contributed by atoms with Gasteiger partial charge in [-0.3, -0.25) is 9.80 Å². The number of rotatable bonds is 5. The Hall–Kier alpha value is -3.75. The van der Waals surface area contributed by atoms with Crippen LogP contribution < -0.4 is 25.9 Å². The summed E-state index contributed by atoms with van der Waals surface area (Å²) in [5.41, 5.74) is 1.72. The second-order valence-corrected chi connectivity index (χ2v) is 7.65. The number of benzene rings is 1. The molecule has 9 heteroatoms. The summed E-state index contributed by atoms with van der Waals surface area (Å²) in [6.45, 7) is 8.51. The van der Waals surface area contributed by atoms with Gasteiger partial charge in [-0.15, -0.1) is 0 Å². The quantitative estimate of drug-likeness (QED) is 0.545. The molecule has 1 unspecified atom stereocenters. The number of methoxy groups -OCH3 is 1. The molecule has 4 rings (SSSR count). The summed E-state index contributed by atoms with van der Waals surface area (Å²) in [6, 6.07) is 6.17. The van der Waals surface area contributed by atoms with E-state index in [2.05, 4.69) is 29.5 Å². The van der Waals surface area contributed by atoms with E-state index in [1.54, 1.807) is 30.3 Å². The Kier molecular flexibility index (Phi) is 10.4. The van der Waals surface area contributed by atoms with Crippen LogP contribution in [0.3, 0.4) is 0 Å². The third-order valence-electron chi connectivity index (χ3n) is 4.96. The molecule has 1 atom stereocenters. The largest absolute Gasteiger partial charge is 0.508 e. The first-order valence-electron chi connectivity index (χ1n) is 11.8. The summed E-state index contributed by atoms with van der Waals surface area (Å²) < 4.78 is 20.2. The average molecular weight is 486 g/mol. The number of anilines is 2. The number of nitrogens with one attached hydrogen (secondary N) is 2. The van der Waals surface area contributed by atoms with Crippen LogP contribution in [-0.4, -0.2) is 35.1 Å². The number of nitrogens with zero attached hydrogens (tertiary/aromatic N) is 3. The number of aromatic hydroxyl groups is 1. The first-order valence-corrected chi connectivity index (χ1v) is 11.8. The van der Waals surface area contributed by atoms with E-state index < -0.39 is 0 Å². The molecule has 0 spiro atoms. The van der Waals surface area contributed by atoms with Gasteiger partial charge in [-0.05, 0) is 36.3 Å². The average Bonchev–Trinajstić information content (AvgIpc) is 3.02. The highest BCUT2D eigenvalue weighted by atomic mass is 19.1. The fourth-order valence-corrected chi connectivity index (χ4v) is 3.48. The lowest BCUT2D eigenvalue weighted by Gasteiger charge is -2.22. The highest BCUT2D eigenvalue weighted by Gasteiger charge is 2.30. The molecule has 1 aliphatic heterocycles. The number of aromatic nitrogens is 2. The zero-order valence-corrected chi connectivity index (χ0v) is 21.3. The summed E-state index contributed by atoms with van der Waals surface area (Å²) in [5, 5.41) is 17.8. The van der Waals surface area contributed by atoms with Crippen LogP contribution in [0.25, 0.3) is 0 Å². The topological polar surface area (TPSA) is 91.6 Å². The number of phenolic OH excluding ortho intramolecular Hbond substituents is 1. The normalized spacial score (nSPS) is 15.7. The Morgan fingerprint density at radius 3 is 2.63 bits per heavy atom. The Morgan fingerprint density at radius 2 is 1.94 bits per heavy atom. The Morgan fingerprint density at radius 1 is 1.23 bits per heavy atom. The zero-order valence-electron chi connectivity index (χ0n) is 21.3. The minimum Gasteiger partial charge on any atom is -0.508 e. The second-order valence-electron chi connectivity index (χ2n) is 7.65. The highest BCUT2D eigenvalue weighted by Crippen LogP contribution is 2.29. The lowest BCUT2D eigenvalue weighted by molar-refractivity contribution is 0.414. The van der Waals surface area contributed by atoms with E-state index in [9.17, 15) is 14.3 Å². The minimum atomic E-state index is -0.338. The fourth-order valence-electron chi connectivity index (χ4n) is 3.48. The molecule has 0 saturated heterocycles. The molecule has 35 heavy (non-hydrogen) atoms. The number of fused-ring (bicyclic) bond motifs is 1. The Balaban J connectivity index is 0.000000803. The van der Waals surface area contributed by atoms with Gasteiger partial charge in [0, 0.05) is 19.2 Å². The van der Waals surface area contributed by atoms with Gasteiger partial charge in [0.05, 0.1) is 25.0 Å². The van der Waals surface area contributed by atoms with Gasteiger partial charge in [0.2, 0.25) is 5.95 Å². The number of hydrogen-bond donors (Lipinski definition) is 3. The summed E-state index contributed by atoms with van der Waals surface area (Å²) in [6.07, 6.45) is 7.89. The summed E-state index contributed by atoms with van der Waals surface area (Å²) in [5.74, 6) is 0.783. The fraction of sp³-hybridized carbons (Fsp3) is 0.385. The molecule has 1 aromatic heterocycles. The van der Waals surface area contributed by atoms with Crippen molar-refractivity contribution in [2.24, 2.45) is 0 Å². The maximum absolute atomic E-state index is 13.5. The van der Waals surface area contributed by atoms with Crippen molar-refractivity contribution in [2.75, 3.05) is 29.8 Å². The predicted octanol–water partition coefficient (Wildman–Crippen LogP) is 5.07. The monoisotopic (exact) mass is 485 g/mol. The van der Waals surface area contributed by atoms with Crippen LogP contribution in [0.15, 0.2) is 64.8 Å². The first-order chi connectivity index (χ1) is 16.9. The van der Waals surface area contributed by atoms with Crippen molar-refractivity contribution in [3.8, 4) is 11.5 Å². The number of ether oxygens (including phenoxy) is 1. The summed E-state index contributed by atoms with van der Waals surface area (Å²) in [7, 11) is 3.31. The van der Waals surface area contributed by atoms with Crippen LogP contribution in [0.1, 0.15) is 46.2 Å². The van der Waals surface area contributed by atoms with Gasteiger partial charge in [-0.1, -0.05) is 46.3 Å². The molecule has 8 nitrogen and oxygen atoms in total. The van der Waals surface area contributed by atoms with Gasteiger partial charge in [-0.25, -0.2) is 9.37 Å². The van der Waals surface area contributed by atoms with Gasteiger partial charge in [0.25, 0.3) is 5.56 Å². The SMILES string of the molecule is CC.CCC.COc1ccc(O)cc1NCc1cc(=O)n2c(n1)NC(C1=CCC=C(F)C=C1)N2C. The number of allylic oxidation sites excluding steroid dienone is 4. The molecule has 2 aliphatic rings. The third kappa shape index (κ3) is 6.88. The van der Waals surface area contributed by atoms with Crippen LogP contribution in [-0.2, 0) is 6.54 Å². The van der Waals surface area contributed by atoms with E-state index in [0.717, 1.165) is 5.57 Å². The molecular weight excluding hydrogens is 449 g/mol. The maximum Gasteiger partial charge on any atom is 0.274 e. The molecule has 1 aromatic carbocycles. The van der Waals surface area contributed by atoms with Crippen molar-refractivity contribution in [1.29, 1.82) is 0 Å². The summed E-state index contributed by atoms with van der Waals surface area (Å²) in [4.78, 5) is 17.3. The van der Waals surface area contributed by atoms with E-state index in [0.29, 0.717) is 29.5 Å². The van der Waals surface area contributed by atoms with Gasteiger partial charge >= 0.3 is 0 Å². The van der Waals surface area contributed by atoms with E-state index in [1.807, 2.05) is 19.9 Å². The number of hydrogen-bond acceptors (Lipinski definition) is 7. The summed E-state index contributed by atoms with van der Waals surface area (Å²) >= 11 is 0. The van der Waals surface area contributed by atoms with Crippen molar-refractivity contribution in [2.45, 2.75) is 53.2 Å². The van der Waals surface area contributed by atoms with Crippen LogP contribution in [0.5, 0.6) is 11.5 Å². The Bertz CT molecular complexity index is 1140. The molecule has 0 saturated carbocycles. The lowest BCUT2D eigenvalue weighted by Crippen LogP contribution is -2.42. The van der Waals surface area contributed by atoms with Gasteiger partial charge in [0.1, 0.15) is 23.5 Å². The van der Waals surface area contributed by atoms with Gasteiger partial charge < -0.3 is 20.5 Å². The molecule has 2 heterocycles. The van der Waals surface area contributed by atoms with Gasteiger partial charge in [-0.2, -0.15) is 4.68 Å². The van der Waals surface area contributed by atoms with E-state index in [4.69, 9.17) is 4.74 Å². The molecule has 0 fully saturated rings. The lowest BCUT2D eigenvalue weighted by atomic mass is 10.1. The molecule has 3 N–H and O–H groups in total. The number of phenols is 1. The zero-order chi connectivity index (χ0) is 26.0. The maximum atomic E-state index is 13.5. The highest BCUT2D eigenvalue weighted by molar-refractivity contribution is 5.59. The second kappa shape index (κ2) is 13.2. The van der Waals surface area contributed by atoms with E-state index in [1.165, 1.54) is 42.5 Å². The van der Waals surface area contributed by atoms with E-state index >= 15 is 0 Å². The molecular formula is C26H36FN5O3. The van der Waals surface area contributed by atoms with Crippen LogP contribution in [0.4, 0.5) is 16.0 Å². The van der Waals surface area contributed by atoms with Crippen molar-refractivity contribution in [1.82, 2.24) is 9.66 Å². The van der Waals surface area contributed by atoms with Crippen molar-refractivity contribution < 1.29 is 14.2 Å². The Labute approximate surface area is 206 Å². The predicted molar refractivity (Wildman–Crippen MR) is 140 cm³/mol. The number of likely N-dealkylation sites (N-methyl/N-ethyl adjacent to an activating group) is 1. The third-order valence-corrected chi connectivity index (χ3v) is 4.96. The van der Waals surface area contributed by atoms with Crippen molar-refractivity contribution in [3.63, 3.8) is 0 Å². The molecule has 0 amide bonds. The molecule has 1 aliphatic carbocycles. The van der Waals surface area contributed by atoms with Crippen LogP contribution >= 0.6 is 0 Å². The number of halogens is 1. The molecule has 2 aromatic rings. The minimum absolute atomic E-state index is 0.0991. The van der Waals surface area contributed by atoms with Crippen molar-refractivity contribution in [3.05, 3.63) is 76.0 Å². The standard InChI is InChI=1S/C21H22FN5O3.C3H8.C2H6/c1-26-20(13-4-3-5-14(22)7-6-13)25-21-24-15(10-19(29)27(21)26)12-23-17-11-16(28)8-9-18(17)30-2;1-3-2;1-2/h4-11,20,23,28H,3,12H2,1-2H3,(H,24,25);3H2,1-2H3;1-2H3. The molecule has 0 radical (unpaired) electrons. The molecule has 0 bridgehead atoms. The van der Waals surface area contributed by atoms with Crippen LogP contribution in [0.2, 0.25) is 0 Å². The van der Waals surface area contributed by atoms with Crippen molar-refractivity contribution >= 4 is 11.6 Å². The van der Waals surface area contributed by atoms with E-state index in [-0.39, 0.29) is 29.8 Å². The van der Waals surface area contributed by atoms with Gasteiger partial charge in [0.15, 0.2) is 0 Å².